The van der Waals surface area contributed by atoms with E-state index in [1.165, 1.54) is 218 Å². The van der Waals surface area contributed by atoms with Crippen LogP contribution in [0.5, 0.6) is 0 Å². The molecule has 0 aliphatic rings. The standard InChI is InChI=1S/C57H107NO4/c1-3-5-7-9-11-13-15-17-19-21-22-23-24-25-26-27-28-29-30-31-32-33-34-36-38-40-42-44-46-48-50-52-56(61)57(62)58-54(53-59)55(60)51-49-47-45-43-41-39-37-35-20-18-16-14-12-10-8-6-4-2/h20,25-26,35,41,43,49,51,54-56,59-61H,3-19,21-24,27-34,36-40,42,44-48,50,52-53H2,1-2H3,(H,58,62)/b26-25-,35-20+,43-41+,51-49+. The van der Waals surface area contributed by atoms with Crippen molar-refractivity contribution < 1.29 is 20.1 Å². The maximum atomic E-state index is 12.5. The molecule has 0 aliphatic carbocycles. The molecule has 0 fully saturated rings. The van der Waals surface area contributed by atoms with Crippen LogP contribution in [0.3, 0.4) is 0 Å². The predicted molar refractivity (Wildman–Crippen MR) is 273 cm³/mol. The van der Waals surface area contributed by atoms with Gasteiger partial charge in [0, 0.05) is 0 Å². The Kier molecular flexibility index (Phi) is 50.5. The SMILES string of the molecule is CCCCCCCCC/C=C/CC/C=C/CC/C=C/C(O)C(CO)NC(=O)C(O)CCCCCCCCCCCCCCCCC/C=C\CCCCCCCCCCCCCC. The predicted octanol–water partition coefficient (Wildman–Crippen LogP) is 16.8. The molecule has 0 saturated carbocycles. The van der Waals surface area contributed by atoms with E-state index in [1.54, 1.807) is 6.08 Å². The van der Waals surface area contributed by atoms with E-state index in [2.05, 4.69) is 55.6 Å². The smallest absolute Gasteiger partial charge is 0.249 e. The van der Waals surface area contributed by atoms with Gasteiger partial charge in [-0.3, -0.25) is 4.79 Å². The van der Waals surface area contributed by atoms with Crippen molar-refractivity contribution in [2.24, 2.45) is 0 Å². The average molecular weight is 870 g/mol. The van der Waals surface area contributed by atoms with Crippen molar-refractivity contribution in [2.45, 2.75) is 302 Å². The molecule has 1 amide bonds. The van der Waals surface area contributed by atoms with Gasteiger partial charge in [-0.2, -0.15) is 0 Å². The second kappa shape index (κ2) is 51.9. The molecule has 3 unspecified atom stereocenters. The first-order valence-electron chi connectivity index (χ1n) is 27.5. The summed E-state index contributed by atoms with van der Waals surface area (Å²) in [7, 11) is 0. The average Bonchev–Trinajstić information content (AvgIpc) is 3.28. The third-order valence-corrected chi connectivity index (χ3v) is 12.6. The van der Waals surface area contributed by atoms with Crippen LogP contribution in [-0.4, -0.2) is 46.1 Å². The molecule has 5 nitrogen and oxygen atoms in total. The van der Waals surface area contributed by atoms with E-state index in [4.69, 9.17) is 0 Å². The quantitative estimate of drug-likeness (QED) is 0.0362. The molecule has 0 bridgehead atoms. The first-order chi connectivity index (χ1) is 30.6. The number of carbonyl (C=O) groups excluding carboxylic acids is 1. The molecule has 0 spiro atoms. The van der Waals surface area contributed by atoms with Crippen LogP contribution >= 0.6 is 0 Å². The first-order valence-corrected chi connectivity index (χ1v) is 27.5. The summed E-state index contributed by atoms with van der Waals surface area (Å²) in [5.41, 5.74) is 0. The van der Waals surface area contributed by atoms with E-state index in [1.807, 2.05) is 6.08 Å². The molecule has 364 valence electrons. The molecule has 5 heteroatoms. The molecular formula is C57H107NO4. The van der Waals surface area contributed by atoms with E-state index in [0.29, 0.717) is 6.42 Å². The van der Waals surface area contributed by atoms with Crippen molar-refractivity contribution in [3.8, 4) is 0 Å². The van der Waals surface area contributed by atoms with Crippen LogP contribution in [0.2, 0.25) is 0 Å². The lowest BCUT2D eigenvalue weighted by Gasteiger charge is -2.21. The maximum absolute atomic E-state index is 12.5. The number of allylic oxidation sites excluding steroid dienone is 7. The van der Waals surface area contributed by atoms with Gasteiger partial charge in [0.2, 0.25) is 5.91 Å². The molecule has 0 saturated heterocycles. The Morgan fingerprint density at radius 2 is 0.661 bits per heavy atom. The van der Waals surface area contributed by atoms with Gasteiger partial charge in [-0.25, -0.2) is 0 Å². The monoisotopic (exact) mass is 870 g/mol. The van der Waals surface area contributed by atoms with Crippen LogP contribution in [0.15, 0.2) is 48.6 Å². The van der Waals surface area contributed by atoms with Crippen molar-refractivity contribution in [2.75, 3.05) is 6.61 Å². The lowest BCUT2D eigenvalue weighted by atomic mass is 10.0. The van der Waals surface area contributed by atoms with E-state index < -0.39 is 24.2 Å². The zero-order chi connectivity index (χ0) is 45.1. The molecule has 0 heterocycles. The van der Waals surface area contributed by atoms with Crippen LogP contribution in [0.4, 0.5) is 0 Å². The number of hydrogen-bond acceptors (Lipinski definition) is 4. The second-order valence-electron chi connectivity index (χ2n) is 18.8. The summed E-state index contributed by atoms with van der Waals surface area (Å²) in [4.78, 5) is 12.5. The molecule has 0 rings (SSSR count). The number of aliphatic hydroxyl groups excluding tert-OH is 3. The number of hydrogen-bond donors (Lipinski definition) is 4. The molecule has 0 radical (unpaired) electrons. The lowest BCUT2D eigenvalue weighted by Crippen LogP contribution is -2.48. The van der Waals surface area contributed by atoms with Gasteiger partial charge in [0.25, 0.3) is 0 Å². The Labute approximate surface area is 387 Å². The topological polar surface area (TPSA) is 89.8 Å². The van der Waals surface area contributed by atoms with Crippen LogP contribution < -0.4 is 5.32 Å². The molecule has 0 aromatic rings. The van der Waals surface area contributed by atoms with Gasteiger partial charge in [0.1, 0.15) is 6.10 Å². The van der Waals surface area contributed by atoms with Crippen molar-refractivity contribution in [1.82, 2.24) is 5.32 Å². The maximum Gasteiger partial charge on any atom is 0.249 e. The van der Waals surface area contributed by atoms with Crippen LogP contribution in [-0.2, 0) is 4.79 Å². The summed E-state index contributed by atoms with van der Waals surface area (Å²) in [5.74, 6) is -0.515. The van der Waals surface area contributed by atoms with E-state index in [-0.39, 0.29) is 6.61 Å². The van der Waals surface area contributed by atoms with Crippen molar-refractivity contribution in [1.29, 1.82) is 0 Å². The zero-order valence-corrected chi connectivity index (χ0v) is 41.5. The van der Waals surface area contributed by atoms with Gasteiger partial charge < -0.3 is 20.6 Å². The molecular weight excluding hydrogens is 763 g/mol. The fourth-order valence-corrected chi connectivity index (χ4v) is 8.33. The van der Waals surface area contributed by atoms with Crippen LogP contribution in [0.25, 0.3) is 0 Å². The minimum atomic E-state index is -1.11. The van der Waals surface area contributed by atoms with Crippen molar-refractivity contribution in [3.05, 3.63) is 48.6 Å². The molecule has 4 N–H and O–H groups in total. The van der Waals surface area contributed by atoms with E-state index in [0.717, 1.165) is 44.9 Å². The molecule has 0 aliphatic heterocycles. The normalized spacial score (nSPS) is 13.7. The van der Waals surface area contributed by atoms with E-state index in [9.17, 15) is 20.1 Å². The Morgan fingerprint density at radius 1 is 0.387 bits per heavy atom. The minimum absolute atomic E-state index is 0.381. The van der Waals surface area contributed by atoms with Gasteiger partial charge in [0.15, 0.2) is 0 Å². The highest BCUT2D eigenvalue weighted by Crippen LogP contribution is 2.16. The Morgan fingerprint density at radius 3 is 0.984 bits per heavy atom. The summed E-state index contributed by atoms with van der Waals surface area (Å²) < 4.78 is 0. The molecule has 62 heavy (non-hydrogen) atoms. The molecule has 0 aromatic carbocycles. The van der Waals surface area contributed by atoms with Crippen LogP contribution in [0.1, 0.15) is 284 Å². The third-order valence-electron chi connectivity index (χ3n) is 12.6. The third kappa shape index (κ3) is 46.3. The van der Waals surface area contributed by atoms with Gasteiger partial charge in [-0.1, -0.05) is 262 Å². The van der Waals surface area contributed by atoms with E-state index >= 15 is 0 Å². The Bertz CT molecular complexity index is 1000. The highest BCUT2D eigenvalue weighted by atomic mass is 16.3. The highest BCUT2D eigenvalue weighted by Gasteiger charge is 2.22. The number of nitrogens with one attached hydrogen (secondary N) is 1. The number of amides is 1. The summed E-state index contributed by atoms with van der Waals surface area (Å²) in [5, 5.41) is 33.3. The Hall–Kier alpha value is -1.69. The van der Waals surface area contributed by atoms with Crippen molar-refractivity contribution >= 4 is 5.91 Å². The summed E-state index contributed by atoms with van der Waals surface area (Å²) >= 11 is 0. The van der Waals surface area contributed by atoms with Gasteiger partial charge in [0.05, 0.1) is 18.8 Å². The summed E-state index contributed by atoms with van der Waals surface area (Å²) in [6, 6.07) is -0.821. The largest absolute Gasteiger partial charge is 0.394 e. The number of unbranched alkanes of at least 4 members (excludes halogenated alkanes) is 36. The number of carbonyl (C=O) groups is 1. The van der Waals surface area contributed by atoms with Gasteiger partial charge >= 0.3 is 0 Å². The second-order valence-corrected chi connectivity index (χ2v) is 18.8. The van der Waals surface area contributed by atoms with Gasteiger partial charge in [-0.15, -0.1) is 0 Å². The lowest BCUT2D eigenvalue weighted by molar-refractivity contribution is -0.131. The highest BCUT2D eigenvalue weighted by molar-refractivity contribution is 5.80. The Balaban J connectivity index is 3.58. The van der Waals surface area contributed by atoms with Crippen molar-refractivity contribution in [3.63, 3.8) is 0 Å². The molecule has 0 aromatic heterocycles. The zero-order valence-electron chi connectivity index (χ0n) is 41.5. The fourth-order valence-electron chi connectivity index (χ4n) is 8.33. The fraction of sp³-hybridized carbons (Fsp3) is 0.842. The summed E-state index contributed by atoms with van der Waals surface area (Å²) in [6.07, 6.45) is 69.0. The van der Waals surface area contributed by atoms with Gasteiger partial charge in [-0.05, 0) is 70.6 Å². The summed E-state index contributed by atoms with van der Waals surface area (Å²) in [6.45, 7) is 4.18. The minimum Gasteiger partial charge on any atom is -0.394 e. The number of aliphatic hydroxyl groups is 3. The molecule has 3 atom stereocenters. The first kappa shape index (κ1) is 60.3. The van der Waals surface area contributed by atoms with Crippen LogP contribution in [0, 0.1) is 0 Å². The number of rotatable bonds is 50.